The zero-order valence-electron chi connectivity index (χ0n) is 12.7. The Balaban J connectivity index is 2.07. The first-order chi connectivity index (χ1) is 11.1. The normalized spacial score (nSPS) is 15.9. The summed E-state index contributed by atoms with van der Waals surface area (Å²) in [5.41, 5.74) is 1.29. The highest BCUT2D eigenvalue weighted by molar-refractivity contribution is 5.64. The van der Waals surface area contributed by atoms with Crippen molar-refractivity contribution in [3.63, 3.8) is 0 Å². The first kappa shape index (κ1) is 14.9. The molecule has 0 N–H and O–H groups in total. The molecule has 0 aromatic heterocycles. The van der Waals surface area contributed by atoms with Crippen LogP contribution < -0.4 is 14.2 Å². The third-order valence-electron chi connectivity index (χ3n) is 3.64. The lowest BCUT2D eigenvalue weighted by atomic mass is 10.0. The molecule has 0 unspecified atom stereocenters. The smallest absolute Gasteiger partial charge is 0.291 e. The van der Waals surface area contributed by atoms with Gasteiger partial charge in [0.25, 0.3) is 5.70 Å². The Hall–Kier alpha value is -3.02. The molecular formula is C17H15NO5. The van der Waals surface area contributed by atoms with Gasteiger partial charge in [0.1, 0.15) is 17.2 Å². The summed E-state index contributed by atoms with van der Waals surface area (Å²) in [4.78, 5) is 11.0. The summed E-state index contributed by atoms with van der Waals surface area (Å²) in [6, 6.07) is 12.2. The molecule has 6 nitrogen and oxygen atoms in total. The Morgan fingerprint density at radius 1 is 1.09 bits per heavy atom. The fourth-order valence-corrected chi connectivity index (χ4v) is 2.48. The molecule has 118 valence electrons. The molecule has 0 saturated carbocycles. The van der Waals surface area contributed by atoms with Crippen molar-refractivity contribution in [3.05, 3.63) is 69.4 Å². The maximum atomic E-state index is 11.4. The van der Waals surface area contributed by atoms with Crippen LogP contribution in [0, 0.1) is 10.1 Å². The van der Waals surface area contributed by atoms with E-state index in [1.54, 1.807) is 56.7 Å². The minimum Gasteiger partial charge on any atom is -0.497 e. The van der Waals surface area contributed by atoms with Gasteiger partial charge in [-0.1, -0.05) is 12.1 Å². The molecule has 0 bridgehead atoms. The number of nitro groups is 1. The molecule has 0 spiro atoms. The van der Waals surface area contributed by atoms with Crippen LogP contribution in [0.4, 0.5) is 0 Å². The van der Waals surface area contributed by atoms with Gasteiger partial charge in [0, 0.05) is 23.3 Å². The van der Waals surface area contributed by atoms with Crippen LogP contribution in [-0.4, -0.2) is 19.1 Å². The zero-order chi connectivity index (χ0) is 16.4. The van der Waals surface area contributed by atoms with E-state index >= 15 is 0 Å². The molecule has 2 aromatic rings. The first-order valence-corrected chi connectivity index (χ1v) is 6.97. The molecule has 1 aliphatic rings. The average molecular weight is 313 g/mol. The van der Waals surface area contributed by atoms with Gasteiger partial charge in [-0.15, -0.1) is 0 Å². The monoisotopic (exact) mass is 313 g/mol. The molecule has 3 rings (SSSR count). The SMILES string of the molecule is COc1cccc([C@H]2Oc3cc(OC)ccc3C=C2[N+](=O)[O-])c1. The fraction of sp³-hybridized carbons (Fsp3) is 0.176. The number of benzene rings is 2. The van der Waals surface area contributed by atoms with Gasteiger partial charge in [0.05, 0.1) is 19.1 Å². The number of rotatable bonds is 4. The average Bonchev–Trinajstić information content (AvgIpc) is 2.60. The van der Waals surface area contributed by atoms with Crippen LogP contribution in [0.1, 0.15) is 17.2 Å². The standard InChI is InChI=1S/C17H15NO5/c1-21-13-5-3-4-12(8-13)17-15(18(19)20)9-11-6-7-14(22-2)10-16(11)23-17/h3-10,17H,1-2H3/t17-/m1/s1. The van der Waals surface area contributed by atoms with Gasteiger partial charge in [-0.25, -0.2) is 0 Å². The highest BCUT2D eigenvalue weighted by atomic mass is 16.6. The number of fused-ring (bicyclic) bond motifs is 1. The van der Waals surface area contributed by atoms with Gasteiger partial charge in [0.2, 0.25) is 6.10 Å². The lowest BCUT2D eigenvalue weighted by Crippen LogP contribution is -2.19. The van der Waals surface area contributed by atoms with Crippen LogP contribution in [0.2, 0.25) is 0 Å². The quantitative estimate of drug-likeness (QED) is 0.638. The molecule has 6 heteroatoms. The van der Waals surface area contributed by atoms with Crippen molar-refractivity contribution in [1.82, 2.24) is 0 Å². The van der Waals surface area contributed by atoms with E-state index in [1.807, 2.05) is 0 Å². The lowest BCUT2D eigenvalue weighted by molar-refractivity contribution is -0.434. The number of hydrogen-bond donors (Lipinski definition) is 0. The van der Waals surface area contributed by atoms with Gasteiger partial charge in [-0.2, -0.15) is 0 Å². The van der Waals surface area contributed by atoms with E-state index in [0.717, 1.165) is 0 Å². The Morgan fingerprint density at radius 3 is 2.52 bits per heavy atom. The second-order valence-electron chi connectivity index (χ2n) is 5.00. The van der Waals surface area contributed by atoms with E-state index in [9.17, 15) is 10.1 Å². The third-order valence-corrected chi connectivity index (χ3v) is 3.64. The number of nitrogens with zero attached hydrogens (tertiary/aromatic N) is 1. The fourth-order valence-electron chi connectivity index (χ4n) is 2.48. The van der Waals surface area contributed by atoms with E-state index in [2.05, 4.69) is 0 Å². The van der Waals surface area contributed by atoms with Crippen molar-refractivity contribution in [2.75, 3.05) is 14.2 Å². The van der Waals surface area contributed by atoms with Crippen LogP contribution in [0.15, 0.2) is 48.2 Å². The van der Waals surface area contributed by atoms with E-state index in [1.165, 1.54) is 6.08 Å². The molecule has 0 saturated heterocycles. The molecule has 0 amide bonds. The first-order valence-electron chi connectivity index (χ1n) is 6.97. The van der Waals surface area contributed by atoms with Crippen molar-refractivity contribution >= 4 is 6.08 Å². The summed E-state index contributed by atoms with van der Waals surface area (Å²) in [5, 5.41) is 11.4. The summed E-state index contributed by atoms with van der Waals surface area (Å²) in [7, 11) is 3.10. The Bertz CT molecular complexity index is 784. The van der Waals surface area contributed by atoms with Crippen LogP contribution in [0.3, 0.4) is 0 Å². The Kier molecular flexibility index (Phi) is 3.89. The summed E-state index contributed by atoms with van der Waals surface area (Å²) in [5.74, 6) is 1.79. The molecule has 2 aromatic carbocycles. The number of methoxy groups -OCH3 is 2. The second kappa shape index (κ2) is 6.00. The second-order valence-corrected chi connectivity index (χ2v) is 5.00. The minimum atomic E-state index is -0.806. The van der Waals surface area contributed by atoms with Gasteiger partial charge >= 0.3 is 0 Å². The van der Waals surface area contributed by atoms with Gasteiger partial charge in [-0.3, -0.25) is 10.1 Å². The van der Waals surface area contributed by atoms with Crippen molar-refractivity contribution in [1.29, 1.82) is 0 Å². The minimum absolute atomic E-state index is 0.0177. The summed E-state index contributed by atoms with van der Waals surface area (Å²) in [6.07, 6.45) is 0.724. The molecule has 1 atom stereocenters. The molecule has 0 radical (unpaired) electrons. The largest absolute Gasteiger partial charge is 0.497 e. The molecule has 0 fully saturated rings. The molecule has 23 heavy (non-hydrogen) atoms. The van der Waals surface area contributed by atoms with E-state index in [0.29, 0.717) is 28.4 Å². The van der Waals surface area contributed by atoms with E-state index < -0.39 is 11.0 Å². The van der Waals surface area contributed by atoms with Crippen molar-refractivity contribution in [3.8, 4) is 17.2 Å². The van der Waals surface area contributed by atoms with Gasteiger partial charge in [0.15, 0.2) is 0 Å². The predicted octanol–water partition coefficient (Wildman–Crippen LogP) is 3.46. The highest BCUT2D eigenvalue weighted by Crippen LogP contribution is 2.39. The molecule has 0 aliphatic carbocycles. The molecular weight excluding hydrogens is 298 g/mol. The topological polar surface area (TPSA) is 70.8 Å². The third kappa shape index (κ3) is 2.83. The van der Waals surface area contributed by atoms with Gasteiger partial charge in [-0.05, 0) is 24.3 Å². The molecule has 1 heterocycles. The van der Waals surface area contributed by atoms with E-state index in [-0.39, 0.29) is 5.70 Å². The van der Waals surface area contributed by atoms with Gasteiger partial charge < -0.3 is 14.2 Å². The van der Waals surface area contributed by atoms with Crippen molar-refractivity contribution in [2.45, 2.75) is 6.10 Å². The maximum absolute atomic E-state index is 11.4. The predicted molar refractivity (Wildman–Crippen MR) is 84.3 cm³/mol. The number of hydrogen-bond acceptors (Lipinski definition) is 5. The van der Waals surface area contributed by atoms with Crippen LogP contribution in [-0.2, 0) is 0 Å². The zero-order valence-corrected chi connectivity index (χ0v) is 12.7. The van der Waals surface area contributed by atoms with Crippen molar-refractivity contribution < 1.29 is 19.1 Å². The summed E-state index contributed by atoms with van der Waals surface area (Å²) >= 11 is 0. The van der Waals surface area contributed by atoms with Crippen LogP contribution >= 0.6 is 0 Å². The maximum Gasteiger partial charge on any atom is 0.291 e. The highest BCUT2D eigenvalue weighted by Gasteiger charge is 2.33. The number of ether oxygens (including phenoxy) is 3. The molecule has 1 aliphatic heterocycles. The van der Waals surface area contributed by atoms with E-state index in [4.69, 9.17) is 14.2 Å². The van der Waals surface area contributed by atoms with Crippen LogP contribution in [0.25, 0.3) is 6.08 Å². The van der Waals surface area contributed by atoms with Crippen LogP contribution in [0.5, 0.6) is 17.2 Å². The summed E-state index contributed by atoms with van der Waals surface area (Å²) < 4.78 is 16.2. The lowest BCUT2D eigenvalue weighted by Gasteiger charge is -2.23. The Morgan fingerprint density at radius 2 is 1.83 bits per heavy atom. The Labute approximate surface area is 133 Å². The van der Waals surface area contributed by atoms with Crippen molar-refractivity contribution in [2.24, 2.45) is 0 Å². The summed E-state index contributed by atoms with van der Waals surface area (Å²) in [6.45, 7) is 0.